The Bertz CT molecular complexity index is 562. The number of carbonyl (C=O) groups is 1. The van der Waals surface area contributed by atoms with Crippen molar-refractivity contribution in [1.82, 2.24) is 15.5 Å². The average molecular weight is 261 g/mol. The lowest BCUT2D eigenvalue weighted by Crippen LogP contribution is -2.32. The third kappa shape index (κ3) is 3.19. The van der Waals surface area contributed by atoms with E-state index in [0.29, 0.717) is 11.4 Å². The van der Waals surface area contributed by atoms with E-state index < -0.39 is 0 Å². The van der Waals surface area contributed by atoms with Crippen LogP contribution in [0, 0.1) is 5.82 Å². The molecule has 1 aromatic carbocycles. The molecule has 1 heterocycles. The standard InChI is InChI=1S/C14H16FN3O/c1-3-9(2)16-14(19)13-8-12(17-18-13)10-4-6-11(15)7-5-10/h4-9H,3H2,1-2H3,(H,16,19)(H,17,18). The Balaban J connectivity index is 2.15. The molecule has 1 aromatic heterocycles. The lowest BCUT2D eigenvalue weighted by atomic mass is 10.1. The summed E-state index contributed by atoms with van der Waals surface area (Å²) in [5.74, 6) is -0.482. The minimum absolute atomic E-state index is 0.116. The highest BCUT2D eigenvalue weighted by Gasteiger charge is 2.12. The van der Waals surface area contributed by atoms with Gasteiger partial charge in [0.1, 0.15) is 11.5 Å². The zero-order valence-electron chi connectivity index (χ0n) is 10.9. The van der Waals surface area contributed by atoms with Crippen molar-refractivity contribution in [2.45, 2.75) is 26.3 Å². The minimum Gasteiger partial charge on any atom is -0.348 e. The molecule has 5 heteroatoms. The third-order valence-corrected chi connectivity index (χ3v) is 2.95. The van der Waals surface area contributed by atoms with Gasteiger partial charge in [-0.15, -0.1) is 0 Å². The molecule has 0 saturated carbocycles. The van der Waals surface area contributed by atoms with E-state index in [4.69, 9.17) is 0 Å². The Morgan fingerprint density at radius 3 is 2.74 bits per heavy atom. The van der Waals surface area contributed by atoms with Crippen molar-refractivity contribution in [1.29, 1.82) is 0 Å². The molecule has 0 aliphatic heterocycles. The van der Waals surface area contributed by atoms with E-state index in [0.717, 1.165) is 12.0 Å². The predicted molar refractivity (Wildman–Crippen MR) is 71.2 cm³/mol. The molecular weight excluding hydrogens is 245 g/mol. The molecule has 0 aliphatic carbocycles. The van der Waals surface area contributed by atoms with Gasteiger partial charge < -0.3 is 5.32 Å². The second-order valence-electron chi connectivity index (χ2n) is 4.46. The maximum atomic E-state index is 12.8. The topological polar surface area (TPSA) is 57.8 Å². The summed E-state index contributed by atoms with van der Waals surface area (Å²) in [6.07, 6.45) is 0.866. The van der Waals surface area contributed by atoms with Gasteiger partial charge >= 0.3 is 0 Å². The van der Waals surface area contributed by atoms with E-state index in [2.05, 4.69) is 15.5 Å². The zero-order valence-corrected chi connectivity index (χ0v) is 10.9. The number of halogens is 1. The van der Waals surface area contributed by atoms with Crippen molar-refractivity contribution >= 4 is 5.91 Å². The van der Waals surface area contributed by atoms with E-state index in [9.17, 15) is 9.18 Å². The molecule has 0 spiro atoms. The van der Waals surface area contributed by atoms with Gasteiger partial charge in [0.05, 0.1) is 5.69 Å². The van der Waals surface area contributed by atoms with Crippen molar-refractivity contribution < 1.29 is 9.18 Å². The van der Waals surface area contributed by atoms with Crippen molar-refractivity contribution in [3.8, 4) is 11.3 Å². The van der Waals surface area contributed by atoms with Gasteiger partial charge in [-0.3, -0.25) is 9.89 Å². The summed E-state index contributed by atoms with van der Waals surface area (Å²) in [7, 11) is 0. The molecule has 100 valence electrons. The van der Waals surface area contributed by atoms with Gasteiger partial charge in [-0.05, 0) is 43.7 Å². The largest absolute Gasteiger partial charge is 0.348 e. The van der Waals surface area contributed by atoms with Crippen molar-refractivity contribution in [3.05, 3.63) is 41.8 Å². The first kappa shape index (κ1) is 13.3. The zero-order chi connectivity index (χ0) is 13.8. The van der Waals surface area contributed by atoms with Crippen molar-refractivity contribution in [3.63, 3.8) is 0 Å². The molecular formula is C14H16FN3O. The van der Waals surface area contributed by atoms with Gasteiger partial charge in [0.25, 0.3) is 5.91 Å². The molecule has 1 atom stereocenters. The second kappa shape index (κ2) is 5.65. The van der Waals surface area contributed by atoms with Crippen LogP contribution >= 0.6 is 0 Å². The number of H-pyrrole nitrogens is 1. The van der Waals surface area contributed by atoms with E-state index in [1.807, 2.05) is 13.8 Å². The number of nitrogens with one attached hydrogen (secondary N) is 2. The van der Waals surface area contributed by atoms with Gasteiger partial charge in [0.15, 0.2) is 0 Å². The Morgan fingerprint density at radius 2 is 2.11 bits per heavy atom. The molecule has 0 saturated heterocycles. The highest BCUT2D eigenvalue weighted by atomic mass is 19.1. The van der Waals surface area contributed by atoms with Crippen LogP contribution in [0.5, 0.6) is 0 Å². The Labute approximate surface area is 111 Å². The van der Waals surface area contributed by atoms with E-state index in [1.54, 1.807) is 18.2 Å². The minimum atomic E-state index is -0.297. The van der Waals surface area contributed by atoms with E-state index in [1.165, 1.54) is 12.1 Å². The van der Waals surface area contributed by atoms with E-state index >= 15 is 0 Å². The molecule has 0 bridgehead atoms. The lowest BCUT2D eigenvalue weighted by Gasteiger charge is -2.09. The summed E-state index contributed by atoms with van der Waals surface area (Å²) in [6.45, 7) is 3.94. The summed E-state index contributed by atoms with van der Waals surface area (Å²) in [5, 5.41) is 9.60. The van der Waals surface area contributed by atoms with Crippen LogP contribution < -0.4 is 5.32 Å². The maximum absolute atomic E-state index is 12.8. The molecule has 2 aromatic rings. The van der Waals surface area contributed by atoms with Crippen LogP contribution in [0.2, 0.25) is 0 Å². The molecule has 4 nitrogen and oxygen atoms in total. The summed E-state index contributed by atoms with van der Waals surface area (Å²) in [5.41, 5.74) is 1.79. The van der Waals surface area contributed by atoms with Crippen LogP contribution in [0.25, 0.3) is 11.3 Å². The van der Waals surface area contributed by atoms with Crippen LogP contribution in [0.3, 0.4) is 0 Å². The number of benzene rings is 1. The molecule has 2 rings (SSSR count). The van der Waals surface area contributed by atoms with Gasteiger partial charge in [0, 0.05) is 11.6 Å². The number of nitrogens with zero attached hydrogens (tertiary/aromatic N) is 1. The molecule has 19 heavy (non-hydrogen) atoms. The number of hydrogen-bond donors (Lipinski definition) is 2. The Hall–Kier alpha value is -2.17. The first-order valence-electron chi connectivity index (χ1n) is 6.22. The van der Waals surface area contributed by atoms with Crippen LogP contribution in [0.15, 0.2) is 30.3 Å². The predicted octanol–water partition coefficient (Wildman–Crippen LogP) is 2.74. The summed E-state index contributed by atoms with van der Waals surface area (Å²) in [6, 6.07) is 7.76. The SMILES string of the molecule is CCC(C)NC(=O)c1cc(-c2ccc(F)cc2)n[nH]1. The number of aromatic nitrogens is 2. The monoisotopic (exact) mass is 261 g/mol. The van der Waals surface area contributed by atoms with Gasteiger partial charge in [-0.1, -0.05) is 6.92 Å². The van der Waals surface area contributed by atoms with Crippen LogP contribution in [-0.4, -0.2) is 22.1 Å². The number of aromatic amines is 1. The average Bonchev–Trinajstić information content (AvgIpc) is 2.89. The highest BCUT2D eigenvalue weighted by molar-refractivity contribution is 5.93. The summed E-state index contributed by atoms with van der Waals surface area (Å²) < 4.78 is 12.8. The number of amides is 1. The maximum Gasteiger partial charge on any atom is 0.269 e. The van der Waals surface area contributed by atoms with Crippen LogP contribution in [-0.2, 0) is 0 Å². The third-order valence-electron chi connectivity index (χ3n) is 2.95. The first-order chi connectivity index (χ1) is 9.10. The van der Waals surface area contributed by atoms with Gasteiger partial charge in [0.2, 0.25) is 0 Å². The highest BCUT2D eigenvalue weighted by Crippen LogP contribution is 2.17. The molecule has 0 fully saturated rings. The molecule has 1 unspecified atom stereocenters. The van der Waals surface area contributed by atoms with Gasteiger partial charge in [-0.25, -0.2) is 4.39 Å². The normalized spacial score (nSPS) is 12.2. The molecule has 1 amide bonds. The second-order valence-corrected chi connectivity index (χ2v) is 4.46. The summed E-state index contributed by atoms with van der Waals surface area (Å²) >= 11 is 0. The summed E-state index contributed by atoms with van der Waals surface area (Å²) in [4.78, 5) is 11.9. The van der Waals surface area contributed by atoms with Crippen molar-refractivity contribution in [2.24, 2.45) is 0 Å². The van der Waals surface area contributed by atoms with Crippen LogP contribution in [0.4, 0.5) is 4.39 Å². The smallest absolute Gasteiger partial charge is 0.269 e. The Kier molecular flexibility index (Phi) is 3.94. The molecule has 0 aliphatic rings. The van der Waals surface area contributed by atoms with Gasteiger partial charge in [-0.2, -0.15) is 5.10 Å². The fraction of sp³-hybridized carbons (Fsp3) is 0.286. The molecule has 0 radical (unpaired) electrons. The quantitative estimate of drug-likeness (QED) is 0.889. The van der Waals surface area contributed by atoms with Crippen LogP contribution in [0.1, 0.15) is 30.8 Å². The first-order valence-corrected chi connectivity index (χ1v) is 6.22. The van der Waals surface area contributed by atoms with Crippen molar-refractivity contribution in [2.75, 3.05) is 0 Å². The Morgan fingerprint density at radius 1 is 1.42 bits per heavy atom. The fourth-order valence-corrected chi connectivity index (χ4v) is 1.61. The molecule has 2 N–H and O–H groups in total. The lowest BCUT2D eigenvalue weighted by molar-refractivity contribution is 0.0934. The number of hydrogen-bond acceptors (Lipinski definition) is 2. The fourth-order valence-electron chi connectivity index (χ4n) is 1.61. The number of rotatable bonds is 4. The van der Waals surface area contributed by atoms with E-state index in [-0.39, 0.29) is 17.8 Å². The number of carbonyl (C=O) groups excluding carboxylic acids is 1.